The van der Waals surface area contributed by atoms with Gasteiger partial charge in [-0.2, -0.15) is 4.98 Å². The fourth-order valence-electron chi connectivity index (χ4n) is 1.44. The highest BCUT2D eigenvalue weighted by molar-refractivity contribution is 8.13. The van der Waals surface area contributed by atoms with Gasteiger partial charge in [0, 0.05) is 24.3 Å². The van der Waals surface area contributed by atoms with E-state index < -0.39 is 12.2 Å². The Labute approximate surface area is 115 Å². The molecule has 1 aromatic heterocycles. The summed E-state index contributed by atoms with van der Waals surface area (Å²) in [4.78, 5) is 14.8. The first-order valence-electron chi connectivity index (χ1n) is 5.58. The Kier molecular flexibility index (Phi) is 6.07. The lowest BCUT2D eigenvalue weighted by molar-refractivity contribution is -0.109. The monoisotopic (exact) mass is 287 g/mol. The number of thioether (sulfide) groups is 1. The molecule has 6 nitrogen and oxygen atoms in total. The van der Waals surface area contributed by atoms with E-state index in [0.717, 1.165) is 11.8 Å². The van der Waals surface area contributed by atoms with Crippen LogP contribution in [0.2, 0.25) is 0 Å². The van der Waals surface area contributed by atoms with Gasteiger partial charge in [-0.25, -0.2) is 0 Å². The van der Waals surface area contributed by atoms with E-state index in [1.807, 2.05) is 0 Å². The summed E-state index contributed by atoms with van der Waals surface area (Å²) in [6.45, 7) is 1.40. The second kappa shape index (κ2) is 7.32. The first-order chi connectivity index (χ1) is 8.99. The molecule has 1 aromatic rings. The molecule has 1 rings (SSSR count). The van der Waals surface area contributed by atoms with Crippen LogP contribution in [0, 0.1) is 0 Å². The minimum atomic E-state index is -1.18. The molecule has 0 amide bonds. The number of hydrogen-bond donors (Lipinski definition) is 2. The zero-order chi connectivity index (χ0) is 14.4. The molecule has 19 heavy (non-hydrogen) atoms. The molecule has 0 saturated carbocycles. The number of aliphatic hydroxyl groups is 2. The average molecular weight is 287 g/mol. The van der Waals surface area contributed by atoms with Crippen molar-refractivity contribution >= 4 is 16.9 Å². The maximum Gasteiger partial charge on any atom is 0.222 e. The summed E-state index contributed by atoms with van der Waals surface area (Å²) in [6, 6.07) is 3.13. The molecule has 0 aliphatic rings. The number of pyridine rings is 1. The summed E-state index contributed by atoms with van der Waals surface area (Å²) < 4.78 is 10.00. The van der Waals surface area contributed by atoms with Gasteiger partial charge in [-0.1, -0.05) is 11.8 Å². The molecule has 0 aliphatic heterocycles. The van der Waals surface area contributed by atoms with Gasteiger partial charge in [0.1, 0.15) is 6.10 Å². The molecule has 7 heteroatoms. The minimum absolute atomic E-state index is 0.103. The number of carbonyl (C=O) groups is 1. The molecule has 0 radical (unpaired) electrons. The zero-order valence-electron chi connectivity index (χ0n) is 11.0. The van der Waals surface area contributed by atoms with Gasteiger partial charge in [-0.05, 0) is 6.07 Å². The van der Waals surface area contributed by atoms with Crippen molar-refractivity contribution in [3.8, 4) is 11.8 Å². The number of rotatable bonds is 6. The van der Waals surface area contributed by atoms with Crippen molar-refractivity contribution < 1.29 is 24.5 Å². The maximum atomic E-state index is 10.8. The molecule has 106 valence electrons. The molecule has 0 bridgehead atoms. The zero-order valence-corrected chi connectivity index (χ0v) is 11.8. The van der Waals surface area contributed by atoms with Crippen molar-refractivity contribution in [3.63, 3.8) is 0 Å². The van der Waals surface area contributed by atoms with E-state index in [1.54, 1.807) is 12.1 Å². The first-order valence-corrected chi connectivity index (χ1v) is 6.56. The van der Waals surface area contributed by atoms with E-state index in [1.165, 1.54) is 21.1 Å². The Balaban J connectivity index is 2.85. The number of nitrogens with zero attached hydrogens (tertiary/aromatic N) is 1. The van der Waals surface area contributed by atoms with Crippen molar-refractivity contribution in [2.45, 2.75) is 19.1 Å². The Bertz CT molecular complexity index is 440. The smallest absolute Gasteiger partial charge is 0.222 e. The Hall–Kier alpha value is -1.31. The molecule has 0 spiro atoms. The van der Waals surface area contributed by atoms with E-state index in [2.05, 4.69) is 4.98 Å². The van der Waals surface area contributed by atoms with E-state index >= 15 is 0 Å². The second-order valence-corrected chi connectivity index (χ2v) is 4.96. The predicted molar refractivity (Wildman–Crippen MR) is 71.4 cm³/mol. The van der Waals surface area contributed by atoms with E-state index in [9.17, 15) is 15.0 Å². The molecule has 2 N–H and O–H groups in total. The Morgan fingerprint density at radius 2 is 2.05 bits per heavy atom. The maximum absolute atomic E-state index is 10.8. The van der Waals surface area contributed by atoms with Gasteiger partial charge in [-0.3, -0.25) is 4.79 Å². The summed E-state index contributed by atoms with van der Waals surface area (Å²) in [5, 5.41) is 19.8. The van der Waals surface area contributed by atoms with Gasteiger partial charge in [0.2, 0.25) is 11.8 Å². The van der Waals surface area contributed by atoms with Gasteiger partial charge in [0.15, 0.2) is 5.12 Å². The van der Waals surface area contributed by atoms with Crippen LogP contribution < -0.4 is 9.47 Å². The standard InChI is InChI=1S/C12H17NO5S/c1-7(14)19-6-9(15)11(16)8-4-5-10(17-2)13-12(8)18-3/h4-5,9,11,15-16H,6H2,1-3H3. The molecule has 0 saturated heterocycles. The number of hydrogen-bond acceptors (Lipinski definition) is 7. The van der Waals surface area contributed by atoms with Gasteiger partial charge < -0.3 is 19.7 Å². The average Bonchev–Trinajstić information content (AvgIpc) is 2.42. The third-order valence-corrected chi connectivity index (χ3v) is 3.32. The van der Waals surface area contributed by atoms with Crippen LogP contribution in [0.25, 0.3) is 0 Å². The van der Waals surface area contributed by atoms with Crippen molar-refractivity contribution in [2.75, 3.05) is 20.0 Å². The van der Waals surface area contributed by atoms with Crippen molar-refractivity contribution in [1.82, 2.24) is 4.98 Å². The molecule has 2 unspecified atom stereocenters. The van der Waals surface area contributed by atoms with Crippen molar-refractivity contribution in [3.05, 3.63) is 17.7 Å². The van der Waals surface area contributed by atoms with Crippen LogP contribution in [-0.2, 0) is 4.79 Å². The lowest BCUT2D eigenvalue weighted by Gasteiger charge is -2.19. The van der Waals surface area contributed by atoms with Gasteiger partial charge in [0.05, 0.1) is 20.3 Å². The molecular formula is C12H17NO5S. The van der Waals surface area contributed by atoms with Crippen LogP contribution in [0.4, 0.5) is 0 Å². The minimum Gasteiger partial charge on any atom is -0.481 e. The molecule has 0 fully saturated rings. The highest BCUT2D eigenvalue weighted by Gasteiger charge is 2.23. The van der Waals surface area contributed by atoms with E-state index in [0.29, 0.717) is 11.4 Å². The van der Waals surface area contributed by atoms with Crippen LogP contribution in [0.5, 0.6) is 11.8 Å². The third-order valence-electron chi connectivity index (χ3n) is 2.41. The molecule has 2 atom stereocenters. The summed E-state index contributed by atoms with van der Waals surface area (Å²) in [5.74, 6) is 0.630. The highest BCUT2D eigenvalue weighted by atomic mass is 32.2. The number of aliphatic hydroxyl groups excluding tert-OH is 2. The normalized spacial score (nSPS) is 13.7. The lowest BCUT2D eigenvalue weighted by Crippen LogP contribution is -2.22. The Morgan fingerprint density at radius 3 is 2.58 bits per heavy atom. The SMILES string of the molecule is COc1ccc(C(O)C(O)CSC(C)=O)c(OC)n1. The van der Waals surface area contributed by atoms with Crippen LogP contribution in [0.1, 0.15) is 18.6 Å². The van der Waals surface area contributed by atoms with Gasteiger partial charge >= 0.3 is 0 Å². The molecule has 0 aliphatic carbocycles. The first kappa shape index (κ1) is 15.7. The van der Waals surface area contributed by atoms with Crippen LogP contribution in [0.3, 0.4) is 0 Å². The van der Waals surface area contributed by atoms with Crippen LogP contribution >= 0.6 is 11.8 Å². The summed E-state index contributed by atoms with van der Waals surface area (Å²) >= 11 is 0.949. The molecular weight excluding hydrogens is 270 g/mol. The fourth-order valence-corrected chi connectivity index (χ4v) is 2.03. The Morgan fingerprint density at radius 1 is 1.37 bits per heavy atom. The number of ether oxygens (including phenoxy) is 2. The second-order valence-electron chi connectivity index (χ2n) is 3.77. The van der Waals surface area contributed by atoms with Crippen molar-refractivity contribution in [1.29, 1.82) is 0 Å². The number of methoxy groups -OCH3 is 2. The predicted octanol–water partition coefficient (Wildman–Crippen LogP) is 0.773. The van der Waals surface area contributed by atoms with Gasteiger partial charge in [-0.15, -0.1) is 0 Å². The molecule has 0 aromatic carbocycles. The third kappa shape index (κ3) is 4.38. The largest absolute Gasteiger partial charge is 0.481 e. The summed E-state index contributed by atoms with van der Waals surface area (Å²) in [6.07, 6.45) is -2.27. The quantitative estimate of drug-likeness (QED) is 0.799. The van der Waals surface area contributed by atoms with E-state index in [4.69, 9.17) is 9.47 Å². The topological polar surface area (TPSA) is 88.9 Å². The van der Waals surface area contributed by atoms with Crippen LogP contribution in [0.15, 0.2) is 12.1 Å². The summed E-state index contributed by atoms with van der Waals surface area (Å²) in [7, 11) is 2.88. The van der Waals surface area contributed by atoms with E-state index in [-0.39, 0.29) is 16.7 Å². The summed E-state index contributed by atoms with van der Waals surface area (Å²) in [5.41, 5.74) is 0.347. The molecule has 1 heterocycles. The van der Waals surface area contributed by atoms with Crippen molar-refractivity contribution in [2.24, 2.45) is 0 Å². The number of carbonyl (C=O) groups excluding carboxylic acids is 1. The highest BCUT2D eigenvalue weighted by Crippen LogP contribution is 2.28. The van der Waals surface area contributed by atoms with Crippen LogP contribution in [-0.4, -0.2) is 46.4 Å². The number of aromatic nitrogens is 1. The fraction of sp³-hybridized carbons (Fsp3) is 0.500. The lowest BCUT2D eigenvalue weighted by atomic mass is 10.1. The van der Waals surface area contributed by atoms with Gasteiger partial charge in [0.25, 0.3) is 0 Å².